The van der Waals surface area contributed by atoms with E-state index in [1.165, 1.54) is 16.3 Å². The Balaban J connectivity index is 1.26. The van der Waals surface area contributed by atoms with Crippen molar-refractivity contribution in [3.63, 3.8) is 0 Å². The number of anilines is 1. The molecule has 0 saturated heterocycles. The Morgan fingerprint density at radius 1 is 0.628 bits per heavy atom. The van der Waals surface area contributed by atoms with Crippen LogP contribution in [0, 0.1) is 0 Å². The molecule has 0 amide bonds. The Labute approximate surface area is 244 Å². The third-order valence-electron chi connectivity index (χ3n) is 9.32. The first kappa shape index (κ1) is 21.9. The lowest BCUT2D eigenvalue weighted by Gasteiger charge is -2.23. The van der Waals surface area contributed by atoms with E-state index in [0.29, 0.717) is 0 Å². The van der Waals surface area contributed by atoms with Gasteiger partial charge >= 0.3 is 0 Å². The molecule has 0 radical (unpaired) electrons. The number of nitrogens with zero attached hydrogens (tertiary/aromatic N) is 2. The van der Waals surface area contributed by atoms with Crippen molar-refractivity contribution in [1.82, 2.24) is 4.40 Å². The second-order valence-corrected chi connectivity index (χ2v) is 11.6. The number of nitrogens with one attached hydrogen (secondary N) is 1. The highest BCUT2D eigenvalue weighted by atomic mass is 16.3. The fourth-order valence-corrected chi connectivity index (χ4v) is 7.44. The van der Waals surface area contributed by atoms with Crippen LogP contribution in [0.15, 0.2) is 129 Å². The molecule has 1 N–H and O–H groups in total. The lowest BCUT2D eigenvalue weighted by Crippen LogP contribution is -2.30. The summed E-state index contributed by atoms with van der Waals surface area (Å²) in [6.07, 6.45) is 8.39. The molecule has 5 nitrogen and oxygen atoms in total. The van der Waals surface area contributed by atoms with Crippen LogP contribution in [0.1, 0.15) is 0 Å². The van der Waals surface area contributed by atoms with Gasteiger partial charge in [-0.15, -0.1) is 0 Å². The second kappa shape index (κ2) is 7.52. The number of hydrogen-bond acceptors (Lipinski definition) is 4. The Bertz CT molecular complexity index is 2770. The zero-order valence-electron chi connectivity index (χ0n) is 22.8. The maximum absolute atomic E-state index is 6.48. The normalized spacial score (nSPS) is 16.3. The maximum atomic E-state index is 6.48. The summed E-state index contributed by atoms with van der Waals surface area (Å²) in [4.78, 5) is 5.18. The minimum atomic E-state index is 0.0456. The van der Waals surface area contributed by atoms with E-state index in [4.69, 9.17) is 13.8 Å². The molecule has 0 bridgehead atoms. The number of hydrogen-bond donors (Lipinski definition) is 1. The summed E-state index contributed by atoms with van der Waals surface area (Å²) in [5, 5.41) is 11.8. The van der Waals surface area contributed by atoms with Crippen LogP contribution in [0.4, 0.5) is 11.5 Å². The van der Waals surface area contributed by atoms with Crippen molar-refractivity contribution in [2.75, 3.05) is 5.32 Å². The van der Waals surface area contributed by atoms with Crippen molar-refractivity contribution in [2.24, 2.45) is 4.99 Å². The van der Waals surface area contributed by atoms with E-state index >= 15 is 0 Å². The standard InChI is InChI=1S/C38H21N3O2/c1-5-11-30-22(7-1)23-15-13-21(18-32(23)42-30)20-14-16-29-25(17-20)35-34-24-8-2-6-12-31(24)43-33(34)19-26-36-38(41(29)37(26)35)40-28-10-4-3-9-27(28)39-36/h1-19,28,40H. The quantitative estimate of drug-likeness (QED) is 0.221. The molecule has 5 aromatic carbocycles. The summed E-state index contributed by atoms with van der Waals surface area (Å²) >= 11 is 0. The number of aromatic nitrogens is 1. The smallest absolute Gasteiger partial charge is 0.138 e. The Kier molecular flexibility index (Phi) is 3.83. The predicted molar refractivity (Wildman–Crippen MR) is 176 cm³/mol. The zero-order chi connectivity index (χ0) is 27.8. The van der Waals surface area contributed by atoms with E-state index in [0.717, 1.165) is 83.1 Å². The summed E-state index contributed by atoms with van der Waals surface area (Å²) in [6.45, 7) is 0. The van der Waals surface area contributed by atoms with Crippen LogP contribution in [0.25, 0.3) is 82.2 Å². The molecule has 5 heteroatoms. The fourth-order valence-electron chi connectivity index (χ4n) is 7.44. The molecule has 1 aliphatic carbocycles. The summed E-state index contributed by atoms with van der Waals surface area (Å²) in [5.74, 6) is 1.03. The molecule has 5 heterocycles. The summed E-state index contributed by atoms with van der Waals surface area (Å²) in [5.41, 5.74) is 10.2. The van der Waals surface area contributed by atoms with Gasteiger partial charge in [-0.1, -0.05) is 66.8 Å². The molecule has 43 heavy (non-hydrogen) atoms. The molecule has 11 rings (SSSR count). The van der Waals surface area contributed by atoms with Gasteiger partial charge in [0.2, 0.25) is 0 Å². The van der Waals surface area contributed by atoms with Crippen LogP contribution >= 0.6 is 0 Å². The van der Waals surface area contributed by atoms with Crippen LogP contribution in [-0.4, -0.2) is 16.2 Å². The zero-order valence-corrected chi connectivity index (χ0v) is 22.8. The van der Waals surface area contributed by atoms with Crippen molar-refractivity contribution < 1.29 is 8.83 Å². The Hall–Kier alpha value is -5.81. The number of para-hydroxylation sites is 2. The number of benzene rings is 5. The maximum Gasteiger partial charge on any atom is 0.138 e. The van der Waals surface area contributed by atoms with Gasteiger partial charge in [0, 0.05) is 37.7 Å². The number of aliphatic imine (C=N–C) groups is 1. The molecule has 1 atom stereocenters. The molecule has 200 valence electrons. The molecule has 0 spiro atoms. The topological polar surface area (TPSA) is 55.1 Å². The highest BCUT2D eigenvalue weighted by molar-refractivity contribution is 6.34. The van der Waals surface area contributed by atoms with Gasteiger partial charge < -0.3 is 14.2 Å². The highest BCUT2D eigenvalue weighted by Gasteiger charge is 2.30. The van der Waals surface area contributed by atoms with Gasteiger partial charge in [0.05, 0.1) is 22.8 Å². The molecular formula is C38H21N3O2. The fraction of sp³-hybridized carbons (Fsp3) is 0.0263. The number of allylic oxidation sites excluding steroid dienone is 2. The van der Waals surface area contributed by atoms with Gasteiger partial charge in [-0.2, -0.15) is 0 Å². The largest absolute Gasteiger partial charge is 0.456 e. The molecule has 2 aliphatic rings. The summed E-state index contributed by atoms with van der Waals surface area (Å²) in [6, 6.07) is 32.1. The van der Waals surface area contributed by atoms with Crippen molar-refractivity contribution in [1.29, 1.82) is 0 Å². The van der Waals surface area contributed by atoms with Crippen LogP contribution in [0.5, 0.6) is 0 Å². The summed E-state index contributed by atoms with van der Waals surface area (Å²) < 4.78 is 15.1. The average Bonchev–Trinajstić information content (AvgIpc) is 3.78. The van der Waals surface area contributed by atoms with Crippen molar-refractivity contribution in [3.8, 4) is 11.1 Å². The predicted octanol–water partition coefficient (Wildman–Crippen LogP) is 10.1. The van der Waals surface area contributed by atoms with Gasteiger partial charge in [0.1, 0.15) is 33.8 Å². The molecular weight excluding hydrogens is 530 g/mol. The lowest BCUT2D eigenvalue weighted by atomic mass is 9.98. The third-order valence-corrected chi connectivity index (χ3v) is 9.32. The van der Waals surface area contributed by atoms with Gasteiger partial charge in [-0.3, -0.25) is 4.40 Å². The molecule has 4 aromatic heterocycles. The minimum absolute atomic E-state index is 0.0456. The Morgan fingerprint density at radius 3 is 2.33 bits per heavy atom. The Morgan fingerprint density at radius 2 is 1.40 bits per heavy atom. The van der Waals surface area contributed by atoms with Crippen molar-refractivity contribution in [3.05, 3.63) is 115 Å². The first-order chi connectivity index (χ1) is 21.3. The molecule has 0 fully saturated rings. The van der Waals surface area contributed by atoms with Crippen molar-refractivity contribution in [2.45, 2.75) is 6.04 Å². The monoisotopic (exact) mass is 551 g/mol. The first-order valence-corrected chi connectivity index (χ1v) is 14.6. The molecule has 1 unspecified atom stereocenters. The SMILES string of the molecule is C1=CC2=Nc3c(n4c5ccc(-c6ccc7c(c6)oc6ccccc67)cc5c5c6c(cc3c54)oc3ccccc36)NC2C=C1. The average molecular weight is 552 g/mol. The van der Waals surface area contributed by atoms with Crippen LogP contribution < -0.4 is 5.32 Å². The lowest BCUT2D eigenvalue weighted by molar-refractivity contribution is 0.669. The van der Waals surface area contributed by atoms with Crippen LogP contribution in [0.2, 0.25) is 0 Å². The highest BCUT2D eigenvalue weighted by Crippen LogP contribution is 2.51. The van der Waals surface area contributed by atoms with Crippen LogP contribution in [0.3, 0.4) is 0 Å². The number of fused-ring (bicyclic) bond motifs is 14. The van der Waals surface area contributed by atoms with Gasteiger partial charge in [-0.25, -0.2) is 4.99 Å². The van der Waals surface area contributed by atoms with Crippen molar-refractivity contribution >= 4 is 88.3 Å². The van der Waals surface area contributed by atoms with Crippen LogP contribution in [-0.2, 0) is 0 Å². The van der Waals surface area contributed by atoms with Gasteiger partial charge in [0.15, 0.2) is 0 Å². The molecule has 1 aliphatic heterocycles. The number of rotatable bonds is 1. The minimum Gasteiger partial charge on any atom is -0.456 e. The van der Waals surface area contributed by atoms with Gasteiger partial charge in [-0.05, 0) is 59.7 Å². The molecule has 0 saturated carbocycles. The van der Waals surface area contributed by atoms with E-state index in [2.05, 4.69) is 107 Å². The first-order valence-electron chi connectivity index (χ1n) is 14.6. The summed E-state index contributed by atoms with van der Waals surface area (Å²) in [7, 11) is 0. The van der Waals surface area contributed by atoms with E-state index in [-0.39, 0.29) is 6.04 Å². The van der Waals surface area contributed by atoms with E-state index < -0.39 is 0 Å². The second-order valence-electron chi connectivity index (χ2n) is 11.6. The molecule has 9 aromatic rings. The van der Waals surface area contributed by atoms with E-state index in [1.54, 1.807) is 0 Å². The van der Waals surface area contributed by atoms with Gasteiger partial charge in [0.25, 0.3) is 0 Å². The van der Waals surface area contributed by atoms with E-state index in [9.17, 15) is 0 Å². The third kappa shape index (κ3) is 2.70. The van der Waals surface area contributed by atoms with E-state index in [1.807, 2.05) is 18.2 Å². The number of furan rings is 2.